The van der Waals surface area contributed by atoms with Crippen LogP contribution >= 0.6 is 22.7 Å². The molecule has 0 bridgehead atoms. The fraction of sp³-hybridized carbons (Fsp3) is 0. The van der Waals surface area contributed by atoms with Crippen molar-refractivity contribution in [2.75, 3.05) is 0 Å². The highest BCUT2D eigenvalue weighted by Gasteiger charge is 2.24. The molecule has 0 saturated heterocycles. The van der Waals surface area contributed by atoms with Crippen LogP contribution in [-0.4, -0.2) is 14.5 Å². The molecule has 4 heterocycles. The van der Waals surface area contributed by atoms with Gasteiger partial charge in [-0.25, -0.2) is 9.97 Å². The molecule has 7 aromatic carbocycles. The molecule has 5 heteroatoms. The third-order valence-electron chi connectivity index (χ3n) is 9.82. The van der Waals surface area contributed by atoms with Gasteiger partial charge in [0.1, 0.15) is 0 Å². The molecule has 0 radical (unpaired) electrons. The van der Waals surface area contributed by atoms with Crippen molar-refractivity contribution in [2.24, 2.45) is 0 Å². The Kier molecular flexibility index (Phi) is 5.70. The number of fused-ring (bicyclic) bond motifs is 12. The molecule has 0 spiro atoms. The van der Waals surface area contributed by atoms with E-state index in [1.165, 1.54) is 57.5 Å². The zero-order valence-electron chi connectivity index (χ0n) is 26.1. The highest BCUT2D eigenvalue weighted by atomic mass is 32.1. The molecule has 11 aromatic rings. The van der Waals surface area contributed by atoms with Crippen LogP contribution in [-0.2, 0) is 0 Å². The molecule has 0 aliphatic heterocycles. The Bertz CT molecular complexity index is 3100. The molecule has 0 unspecified atom stereocenters. The molecular weight excluding hydrogens is 635 g/mol. The van der Waals surface area contributed by atoms with Gasteiger partial charge >= 0.3 is 0 Å². The highest BCUT2D eigenvalue weighted by molar-refractivity contribution is 7.27. The summed E-state index contributed by atoms with van der Waals surface area (Å²) in [5.74, 6) is 0.685. The van der Waals surface area contributed by atoms with Crippen molar-refractivity contribution in [3.05, 3.63) is 152 Å². The number of nitrogens with zero attached hydrogens (tertiary/aromatic N) is 3. The molecule has 0 fully saturated rings. The Morgan fingerprint density at radius 1 is 0.429 bits per heavy atom. The van der Waals surface area contributed by atoms with Crippen molar-refractivity contribution in [3.63, 3.8) is 0 Å². The first kappa shape index (κ1) is 27.1. The van der Waals surface area contributed by atoms with E-state index >= 15 is 0 Å². The molecule has 11 rings (SSSR count). The third kappa shape index (κ3) is 3.88. The maximum Gasteiger partial charge on any atom is 0.235 e. The summed E-state index contributed by atoms with van der Waals surface area (Å²) in [6, 6.07) is 54.5. The van der Waals surface area contributed by atoms with Crippen molar-refractivity contribution in [2.45, 2.75) is 0 Å². The van der Waals surface area contributed by atoms with E-state index in [-0.39, 0.29) is 0 Å². The first-order valence-electron chi connectivity index (χ1n) is 16.4. The predicted molar refractivity (Wildman–Crippen MR) is 211 cm³/mol. The SMILES string of the molecule is c1ccc(-c2cc3c(c4ccccc24)c2c4sc5ccccc5c4ccc2n3-c2nc(-c3ccccc3)c3sc4ccccc4c3n2)cc1. The summed E-state index contributed by atoms with van der Waals surface area (Å²) in [7, 11) is 0. The Hall–Kier alpha value is -5.88. The fourth-order valence-corrected chi connectivity index (χ4v) is 10.1. The Morgan fingerprint density at radius 3 is 1.82 bits per heavy atom. The summed E-state index contributed by atoms with van der Waals surface area (Å²) >= 11 is 3.65. The van der Waals surface area contributed by atoms with E-state index in [1.54, 1.807) is 11.3 Å². The summed E-state index contributed by atoms with van der Waals surface area (Å²) in [5, 5.41) is 8.71. The minimum atomic E-state index is 0.685. The lowest BCUT2D eigenvalue weighted by molar-refractivity contribution is 1.02. The Labute approximate surface area is 289 Å². The normalized spacial score (nSPS) is 12.1. The molecule has 0 aliphatic rings. The number of benzene rings is 7. The van der Waals surface area contributed by atoms with E-state index in [0.29, 0.717) is 5.95 Å². The molecule has 0 N–H and O–H groups in total. The Balaban J connectivity index is 1.37. The second kappa shape index (κ2) is 10.3. The lowest BCUT2D eigenvalue weighted by atomic mass is 9.94. The largest absolute Gasteiger partial charge is 0.278 e. The van der Waals surface area contributed by atoms with Crippen LogP contribution < -0.4 is 0 Å². The molecule has 0 aliphatic carbocycles. The number of thiophene rings is 2. The van der Waals surface area contributed by atoms with Crippen LogP contribution in [0.25, 0.3) is 101 Å². The van der Waals surface area contributed by atoms with E-state index in [9.17, 15) is 0 Å². The molecule has 0 amide bonds. The van der Waals surface area contributed by atoms with E-state index < -0.39 is 0 Å². The highest BCUT2D eigenvalue weighted by Crippen LogP contribution is 2.47. The van der Waals surface area contributed by atoms with Crippen LogP contribution in [0.3, 0.4) is 0 Å². The third-order valence-corrected chi connectivity index (χ3v) is 12.2. The number of hydrogen-bond donors (Lipinski definition) is 0. The molecule has 0 saturated carbocycles. The van der Waals surface area contributed by atoms with Gasteiger partial charge in [-0.15, -0.1) is 22.7 Å². The first-order chi connectivity index (χ1) is 24.3. The maximum absolute atomic E-state index is 5.48. The molecule has 3 nitrogen and oxygen atoms in total. The van der Waals surface area contributed by atoms with Crippen LogP contribution in [0.15, 0.2) is 152 Å². The molecule has 0 atom stereocenters. The van der Waals surface area contributed by atoms with Gasteiger partial charge in [0.2, 0.25) is 5.95 Å². The molecule has 228 valence electrons. The van der Waals surface area contributed by atoms with Crippen LogP contribution in [0.1, 0.15) is 0 Å². The minimum Gasteiger partial charge on any atom is -0.278 e. The zero-order valence-corrected chi connectivity index (χ0v) is 27.7. The first-order valence-corrected chi connectivity index (χ1v) is 18.1. The van der Waals surface area contributed by atoms with Gasteiger partial charge in [0.05, 0.1) is 26.9 Å². The van der Waals surface area contributed by atoms with Gasteiger partial charge < -0.3 is 0 Å². The lowest BCUT2D eigenvalue weighted by Gasteiger charge is -2.12. The van der Waals surface area contributed by atoms with Gasteiger partial charge in [0.15, 0.2) is 0 Å². The monoisotopic (exact) mass is 659 g/mol. The summed E-state index contributed by atoms with van der Waals surface area (Å²) < 4.78 is 7.24. The predicted octanol–water partition coefficient (Wildman–Crippen LogP) is 12.8. The van der Waals surface area contributed by atoms with Crippen LogP contribution in [0, 0.1) is 0 Å². The van der Waals surface area contributed by atoms with Crippen LogP contribution in [0.2, 0.25) is 0 Å². The zero-order chi connectivity index (χ0) is 32.1. The van der Waals surface area contributed by atoms with Crippen molar-refractivity contribution >= 4 is 95.7 Å². The van der Waals surface area contributed by atoms with Crippen LogP contribution in [0.4, 0.5) is 0 Å². The van der Waals surface area contributed by atoms with E-state index in [0.717, 1.165) is 37.9 Å². The van der Waals surface area contributed by atoms with Gasteiger partial charge in [0.25, 0.3) is 0 Å². The van der Waals surface area contributed by atoms with Gasteiger partial charge in [-0.1, -0.05) is 127 Å². The second-order valence-electron chi connectivity index (χ2n) is 12.5. The van der Waals surface area contributed by atoms with Gasteiger partial charge in [-0.3, -0.25) is 4.57 Å². The average Bonchev–Trinajstić information content (AvgIpc) is 3.84. The topological polar surface area (TPSA) is 30.7 Å². The quantitative estimate of drug-likeness (QED) is 0.189. The minimum absolute atomic E-state index is 0.685. The van der Waals surface area contributed by atoms with Crippen molar-refractivity contribution in [1.29, 1.82) is 0 Å². The molecular formula is C44H25N3S2. The fourth-order valence-electron chi connectivity index (χ4n) is 7.68. The van der Waals surface area contributed by atoms with Gasteiger partial charge in [0, 0.05) is 46.6 Å². The van der Waals surface area contributed by atoms with Crippen LogP contribution in [0.5, 0.6) is 0 Å². The number of hydrogen-bond acceptors (Lipinski definition) is 4. The van der Waals surface area contributed by atoms with Gasteiger partial charge in [-0.05, 0) is 46.2 Å². The Morgan fingerprint density at radius 2 is 1.04 bits per heavy atom. The molecule has 49 heavy (non-hydrogen) atoms. The van der Waals surface area contributed by atoms with Crippen molar-refractivity contribution < 1.29 is 0 Å². The van der Waals surface area contributed by atoms with Crippen molar-refractivity contribution in [1.82, 2.24) is 14.5 Å². The summed E-state index contributed by atoms with van der Waals surface area (Å²) in [6.45, 7) is 0. The lowest BCUT2D eigenvalue weighted by Crippen LogP contribution is -2.03. The summed E-state index contributed by atoms with van der Waals surface area (Å²) in [5.41, 5.74) is 7.65. The van der Waals surface area contributed by atoms with Crippen molar-refractivity contribution in [3.8, 4) is 28.3 Å². The maximum atomic E-state index is 5.48. The van der Waals surface area contributed by atoms with E-state index in [4.69, 9.17) is 9.97 Å². The summed E-state index contributed by atoms with van der Waals surface area (Å²) in [4.78, 5) is 10.9. The standard InChI is InChI=1S/C44H25N3S2/c1-3-13-26(14-4-1)33-25-35-38(30-19-8-7-17-28(30)33)39-34(24-23-31-29-18-9-11-21-36(29)48-42(31)39)47(35)44-45-40(27-15-5-2-6-16-27)43-41(46-44)32-20-10-12-22-37(32)49-43/h1-25H. The van der Waals surface area contributed by atoms with E-state index in [2.05, 4.69) is 156 Å². The average molecular weight is 660 g/mol. The molecule has 4 aromatic heterocycles. The van der Waals surface area contributed by atoms with Gasteiger partial charge in [-0.2, -0.15) is 0 Å². The smallest absolute Gasteiger partial charge is 0.235 e. The van der Waals surface area contributed by atoms with E-state index in [1.807, 2.05) is 11.3 Å². The number of aromatic nitrogens is 3. The number of rotatable bonds is 3. The summed E-state index contributed by atoms with van der Waals surface area (Å²) in [6.07, 6.45) is 0. The second-order valence-corrected chi connectivity index (χ2v) is 14.6.